The molecule has 4 rings (SSSR count). The maximum atomic E-state index is 13.5. The summed E-state index contributed by atoms with van der Waals surface area (Å²) in [6.45, 7) is 2.01. The predicted molar refractivity (Wildman–Crippen MR) is 124 cm³/mol. The molecule has 0 aromatic heterocycles. The van der Waals surface area contributed by atoms with Gasteiger partial charge in [-0.15, -0.1) is 0 Å². The van der Waals surface area contributed by atoms with Crippen molar-refractivity contribution in [3.8, 4) is 5.75 Å². The molecule has 32 heavy (non-hydrogen) atoms. The highest BCUT2D eigenvalue weighted by molar-refractivity contribution is 7.89. The van der Waals surface area contributed by atoms with Crippen LogP contribution in [0.2, 0.25) is 5.02 Å². The van der Waals surface area contributed by atoms with Crippen molar-refractivity contribution >= 4 is 33.2 Å². The third-order valence-electron chi connectivity index (χ3n) is 5.56. The quantitative estimate of drug-likeness (QED) is 0.599. The maximum absolute atomic E-state index is 13.5. The van der Waals surface area contributed by atoms with E-state index in [1.165, 1.54) is 11.4 Å². The van der Waals surface area contributed by atoms with Crippen molar-refractivity contribution in [3.63, 3.8) is 0 Å². The van der Waals surface area contributed by atoms with Gasteiger partial charge in [-0.05, 0) is 54.8 Å². The molecule has 1 amide bonds. The van der Waals surface area contributed by atoms with E-state index in [4.69, 9.17) is 16.3 Å². The molecule has 1 aliphatic rings. The summed E-state index contributed by atoms with van der Waals surface area (Å²) in [5, 5.41) is 3.16. The first kappa shape index (κ1) is 22.3. The molecular weight excluding hydrogens is 448 g/mol. The molecule has 0 saturated carbocycles. The van der Waals surface area contributed by atoms with Gasteiger partial charge in [0.05, 0.1) is 17.0 Å². The van der Waals surface area contributed by atoms with Gasteiger partial charge >= 0.3 is 0 Å². The van der Waals surface area contributed by atoms with Crippen LogP contribution in [0.4, 0.5) is 5.69 Å². The number of nitrogens with zero attached hydrogens (tertiary/aromatic N) is 1. The molecule has 0 unspecified atom stereocenters. The van der Waals surface area contributed by atoms with Crippen molar-refractivity contribution in [1.29, 1.82) is 0 Å². The Labute approximate surface area is 192 Å². The number of ether oxygens (including phenoxy) is 1. The van der Waals surface area contributed by atoms with E-state index in [-0.39, 0.29) is 17.9 Å². The summed E-state index contributed by atoms with van der Waals surface area (Å²) >= 11 is 6.18. The first-order valence-electron chi connectivity index (χ1n) is 10.1. The fourth-order valence-corrected chi connectivity index (χ4v) is 5.61. The molecule has 0 fully saturated rings. The number of hydrogen-bond acceptors (Lipinski definition) is 4. The normalized spacial score (nSPS) is 16.3. The molecule has 0 aliphatic carbocycles. The first-order valence-corrected chi connectivity index (χ1v) is 11.9. The van der Waals surface area contributed by atoms with Gasteiger partial charge in [-0.3, -0.25) is 4.79 Å². The van der Waals surface area contributed by atoms with E-state index in [1.807, 2.05) is 31.2 Å². The van der Waals surface area contributed by atoms with Crippen molar-refractivity contribution in [2.75, 3.05) is 12.4 Å². The fraction of sp³-hybridized carbons (Fsp3) is 0.208. The van der Waals surface area contributed by atoms with Crippen LogP contribution in [0.1, 0.15) is 16.7 Å². The molecule has 166 valence electrons. The maximum Gasteiger partial charge on any atom is 0.244 e. The molecule has 1 N–H and O–H groups in total. The van der Waals surface area contributed by atoms with Gasteiger partial charge < -0.3 is 10.1 Å². The number of carbonyl (C=O) groups excluding carboxylic acids is 1. The lowest BCUT2D eigenvalue weighted by Crippen LogP contribution is -2.50. The summed E-state index contributed by atoms with van der Waals surface area (Å²) in [5.74, 6) is 0.0660. The molecular formula is C24H23ClN2O4S. The molecule has 1 aliphatic heterocycles. The average molecular weight is 471 g/mol. The van der Waals surface area contributed by atoms with Crippen LogP contribution in [-0.4, -0.2) is 31.8 Å². The highest BCUT2D eigenvalue weighted by Crippen LogP contribution is 2.31. The number of nitrogens with one attached hydrogen (secondary N) is 1. The van der Waals surface area contributed by atoms with Crippen molar-refractivity contribution in [3.05, 3.63) is 88.4 Å². The fourth-order valence-electron chi connectivity index (χ4n) is 3.79. The number of sulfonamides is 1. The lowest BCUT2D eigenvalue weighted by Gasteiger charge is -2.35. The van der Waals surface area contributed by atoms with Crippen LogP contribution < -0.4 is 10.1 Å². The van der Waals surface area contributed by atoms with E-state index in [9.17, 15) is 13.2 Å². The summed E-state index contributed by atoms with van der Waals surface area (Å²) in [6.07, 6.45) is 0.275. The zero-order valence-corrected chi connectivity index (χ0v) is 19.3. The van der Waals surface area contributed by atoms with Gasteiger partial charge in [0.1, 0.15) is 11.8 Å². The minimum atomic E-state index is -3.90. The Morgan fingerprint density at radius 2 is 1.75 bits per heavy atom. The highest BCUT2D eigenvalue weighted by Gasteiger charge is 2.39. The number of anilines is 1. The summed E-state index contributed by atoms with van der Waals surface area (Å²) in [6, 6.07) is 18.2. The first-order chi connectivity index (χ1) is 15.3. The van der Waals surface area contributed by atoms with Crippen molar-refractivity contribution in [2.45, 2.75) is 30.8 Å². The molecule has 1 atom stereocenters. The number of methoxy groups -OCH3 is 1. The number of hydrogen-bond donors (Lipinski definition) is 1. The molecule has 1 heterocycles. The number of rotatable bonds is 5. The zero-order chi connectivity index (χ0) is 22.9. The van der Waals surface area contributed by atoms with E-state index >= 15 is 0 Å². The molecule has 3 aromatic carbocycles. The second-order valence-electron chi connectivity index (χ2n) is 7.69. The Hall–Kier alpha value is -2.87. The van der Waals surface area contributed by atoms with Crippen molar-refractivity contribution < 1.29 is 17.9 Å². The lowest BCUT2D eigenvalue weighted by atomic mass is 9.95. The number of benzene rings is 3. The number of halogens is 1. The van der Waals surface area contributed by atoms with E-state index in [0.29, 0.717) is 16.5 Å². The molecule has 3 aromatic rings. The molecule has 0 radical (unpaired) electrons. The number of aryl methyl sites for hydroxylation is 1. The Kier molecular flexibility index (Phi) is 6.24. The van der Waals surface area contributed by atoms with E-state index in [2.05, 4.69) is 5.32 Å². The van der Waals surface area contributed by atoms with Gasteiger partial charge in [-0.2, -0.15) is 4.31 Å². The van der Waals surface area contributed by atoms with Crippen LogP contribution in [-0.2, 0) is 27.8 Å². The Morgan fingerprint density at radius 1 is 1.06 bits per heavy atom. The van der Waals surface area contributed by atoms with Crippen LogP contribution in [0.15, 0.2) is 71.6 Å². The second-order valence-corrected chi connectivity index (χ2v) is 9.99. The summed E-state index contributed by atoms with van der Waals surface area (Å²) in [5.41, 5.74) is 3.27. The van der Waals surface area contributed by atoms with Crippen LogP contribution in [0, 0.1) is 6.92 Å². The van der Waals surface area contributed by atoms with E-state index in [1.54, 1.807) is 42.5 Å². The topological polar surface area (TPSA) is 75.7 Å². The predicted octanol–water partition coefficient (Wildman–Crippen LogP) is 4.41. The zero-order valence-electron chi connectivity index (χ0n) is 17.7. The van der Waals surface area contributed by atoms with E-state index in [0.717, 1.165) is 16.7 Å². The minimum Gasteiger partial charge on any atom is -0.495 e. The van der Waals surface area contributed by atoms with Crippen LogP contribution >= 0.6 is 11.6 Å². The van der Waals surface area contributed by atoms with E-state index < -0.39 is 22.0 Å². The van der Waals surface area contributed by atoms with Crippen molar-refractivity contribution in [2.24, 2.45) is 0 Å². The molecule has 0 spiro atoms. The SMILES string of the molecule is COc1ccc(NC(=O)[C@@H]2Cc3ccccc3CN2S(=O)(=O)c2ccc(C)cc2)cc1Cl. The molecule has 6 nitrogen and oxygen atoms in total. The lowest BCUT2D eigenvalue weighted by molar-refractivity contribution is -0.120. The van der Waals surface area contributed by atoms with Gasteiger partial charge in [0, 0.05) is 12.2 Å². The monoisotopic (exact) mass is 470 g/mol. The molecule has 8 heteroatoms. The van der Waals surface area contributed by atoms with Crippen LogP contribution in [0.25, 0.3) is 0 Å². The number of amides is 1. The van der Waals surface area contributed by atoms with Gasteiger partial charge in [-0.25, -0.2) is 8.42 Å². The Morgan fingerprint density at radius 3 is 2.41 bits per heavy atom. The van der Waals surface area contributed by atoms with Gasteiger partial charge in [0.25, 0.3) is 0 Å². The van der Waals surface area contributed by atoms with Gasteiger partial charge in [-0.1, -0.05) is 53.6 Å². The summed E-state index contributed by atoms with van der Waals surface area (Å²) < 4.78 is 33.5. The molecule has 0 bridgehead atoms. The Bertz CT molecular complexity index is 1260. The standard InChI is InChI=1S/C24H23ClN2O4S/c1-16-7-10-20(11-8-16)32(29,30)27-15-18-6-4-3-5-17(18)13-22(27)24(28)26-19-9-12-23(31-2)21(25)14-19/h3-12,14,22H,13,15H2,1-2H3,(H,26,28)/t22-/m0/s1. The summed E-state index contributed by atoms with van der Waals surface area (Å²) in [4.78, 5) is 13.5. The number of carbonyl (C=O) groups is 1. The third kappa shape index (κ3) is 4.37. The van der Waals surface area contributed by atoms with Crippen molar-refractivity contribution in [1.82, 2.24) is 4.31 Å². The van der Waals surface area contributed by atoms with Crippen LogP contribution in [0.3, 0.4) is 0 Å². The number of fused-ring (bicyclic) bond motifs is 1. The average Bonchev–Trinajstić information content (AvgIpc) is 2.78. The Balaban J connectivity index is 1.69. The molecule has 0 saturated heterocycles. The van der Waals surface area contributed by atoms with Gasteiger partial charge in [0.15, 0.2) is 0 Å². The second kappa shape index (κ2) is 8.94. The minimum absolute atomic E-state index is 0.119. The van der Waals surface area contributed by atoms with Crippen LogP contribution in [0.5, 0.6) is 5.75 Å². The highest BCUT2D eigenvalue weighted by atomic mass is 35.5. The largest absolute Gasteiger partial charge is 0.495 e. The smallest absolute Gasteiger partial charge is 0.244 e. The van der Waals surface area contributed by atoms with Gasteiger partial charge in [0.2, 0.25) is 15.9 Å². The summed E-state index contributed by atoms with van der Waals surface area (Å²) in [7, 11) is -2.39. The third-order valence-corrected chi connectivity index (χ3v) is 7.72.